The van der Waals surface area contributed by atoms with Gasteiger partial charge in [-0.3, -0.25) is 4.79 Å². The highest BCUT2D eigenvalue weighted by Crippen LogP contribution is 2.50. The van der Waals surface area contributed by atoms with Gasteiger partial charge in [0.15, 0.2) is 0 Å². The number of carbonyl (C=O) groups is 1. The molecule has 0 amide bonds. The summed E-state index contributed by atoms with van der Waals surface area (Å²) in [6, 6.07) is 5.92. The smallest absolute Gasteiger partial charge is 0.329 e. The Labute approximate surface area is 132 Å². The van der Waals surface area contributed by atoms with E-state index in [1.165, 1.54) is 24.3 Å². The molecule has 1 heterocycles. The van der Waals surface area contributed by atoms with Gasteiger partial charge in [0, 0.05) is 30.7 Å². The average Bonchev–Trinajstić information content (AvgIpc) is 2.90. The average molecular weight is 346 g/mol. The minimum Gasteiger partial charge on any atom is -0.329 e. The van der Waals surface area contributed by atoms with E-state index in [0.717, 1.165) is 0 Å². The summed E-state index contributed by atoms with van der Waals surface area (Å²) in [6.45, 7) is 0. The van der Waals surface area contributed by atoms with Crippen LogP contribution >= 0.6 is 0 Å². The van der Waals surface area contributed by atoms with Gasteiger partial charge in [0.25, 0.3) is 5.92 Å². The molecule has 1 saturated carbocycles. The van der Waals surface area contributed by atoms with Gasteiger partial charge in [0.2, 0.25) is 5.82 Å². The van der Waals surface area contributed by atoms with Gasteiger partial charge in [-0.1, -0.05) is 29.4 Å². The normalized spacial score (nSPS) is 19.3. The summed E-state index contributed by atoms with van der Waals surface area (Å²) in [4.78, 5) is 15.0. The summed E-state index contributed by atoms with van der Waals surface area (Å²) >= 11 is 0. The molecule has 0 radical (unpaired) electrons. The monoisotopic (exact) mass is 346 g/mol. The number of alkyl halides is 5. The zero-order valence-electron chi connectivity index (χ0n) is 12.1. The van der Waals surface area contributed by atoms with Gasteiger partial charge < -0.3 is 4.52 Å². The predicted octanol–water partition coefficient (Wildman–Crippen LogP) is 3.91. The molecule has 1 aliphatic rings. The Hall–Kier alpha value is -2.32. The van der Waals surface area contributed by atoms with E-state index in [0.29, 0.717) is 11.1 Å². The van der Waals surface area contributed by atoms with E-state index < -0.39 is 23.9 Å². The van der Waals surface area contributed by atoms with E-state index in [1.807, 2.05) is 0 Å². The minimum atomic E-state index is -4.72. The highest BCUT2D eigenvalue weighted by Gasteiger charge is 2.56. The van der Waals surface area contributed by atoms with Crippen molar-refractivity contribution < 1.29 is 31.3 Å². The molecule has 3 rings (SSSR count). The van der Waals surface area contributed by atoms with Crippen LogP contribution in [-0.4, -0.2) is 21.8 Å². The standard InChI is InChI=1S/C15H11F5N2O2/c16-14(17)7-10(14)6-11(23)5-8-1-3-9(4-2-8)12-21-13(24-22-12)15(18,19)20/h1-4,10H,5-7H2. The van der Waals surface area contributed by atoms with Gasteiger partial charge in [0.05, 0.1) is 0 Å². The number of benzene rings is 1. The lowest BCUT2D eigenvalue weighted by Gasteiger charge is -2.02. The fourth-order valence-electron chi connectivity index (χ4n) is 2.29. The molecule has 1 aromatic carbocycles. The van der Waals surface area contributed by atoms with Crippen LogP contribution in [0.3, 0.4) is 0 Å². The minimum absolute atomic E-state index is 0.00704. The molecule has 9 heteroatoms. The molecule has 0 N–H and O–H groups in total. The van der Waals surface area contributed by atoms with Crippen LogP contribution in [0.1, 0.15) is 24.3 Å². The Morgan fingerprint density at radius 3 is 2.38 bits per heavy atom. The largest absolute Gasteiger partial charge is 0.471 e. The number of halogens is 5. The van der Waals surface area contributed by atoms with Crippen LogP contribution < -0.4 is 0 Å². The third-order valence-corrected chi connectivity index (χ3v) is 3.71. The van der Waals surface area contributed by atoms with Gasteiger partial charge in [-0.25, -0.2) is 8.78 Å². The Kier molecular flexibility index (Phi) is 3.89. The van der Waals surface area contributed by atoms with Gasteiger partial charge in [-0.05, 0) is 5.56 Å². The van der Waals surface area contributed by atoms with E-state index in [4.69, 9.17) is 0 Å². The first-order chi connectivity index (χ1) is 11.1. The second kappa shape index (κ2) is 5.64. The second-order valence-corrected chi connectivity index (χ2v) is 5.70. The Morgan fingerprint density at radius 2 is 1.88 bits per heavy atom. The molecule has 128 valence electrons. The number of hydrogen-bond acceptors (Lipinski definition) is 4. The molecule has 0 aliphatic heterocycles. The van der Waals surface area contributed by atoms with Crippen LogP contribution in [0.5, 0.6) is 0 Å². The molecule has 1 fully saturated rings. The van der Waals surface area contributed by atoms with Crippen LogP contribution in [0.2, 0.25) is 0 Å². The molecular formula is C15H11F5N2O2. The third-order valence-electron chi connectivity index (χ3n) is 3.71. The molecule has 1 unspecified atom stereocenters. The molecule has 0 bridgehead atoms. The molecule has 1 atom stereocenters. The summed E-state index contributed by atoms with van der Waals surface area (Å²) in [7, 11) is 0. The van der Waals surface area contributed by atoms with E-state index in [1.54, 1.807) is 0 Å². The van der Waals surface area contributed by atoms with Crippen LogP contribution in [0.4, 0.5) is 22.0 Å². The molecule has 2 aromatic rings. The quantitative estimate of drug-likeness (QED) is 0.770. The molecule has 0 spiro atoms. The van der Waals surface area contributed by atoms with Crippen molar-refractivity contribution in [1.29, 1.82) is 0 Å². The fraction of sp³-hybridized carbons (Fsp3) is 0.400. The predicted molar refractivity (Wildman–Crippen MR) is 71.1 cm³/mol. The zero-order valence-corrected chi connectivity index (χ0v) is 12.1. The highest BCUT2D eigenvalue weighted by molar-refractivity contribution is 5.81. The topological polar surface area (TPSA) is 56.0 Å². The molecular weight excluding hydrogens is 335 g/mol. The zero-order chi connectivity index (χ0) is 17.5. The summed E-state index contributed by atoms with van der Waals surface area (Å²) in [5.74, 6) is -5.57. The maximum absolute atomic E-state index is 12.8. The summed E-state index contributed by atoms with van der Waals surface area (Å²) < 4.78 is 66.9. The third kappa shape index (κ3) is 3.60. The summed E-state index contributed by atoms with van der Waals surface area (Å²) in [6.07, 6.45) is -5.15. The van der Waals surface area contributed by atoms with E-state index in [-0.39, 0.29) is 30.9 Å². The van der Waals surface area contributed by atoms with Gasteiger partial charge in [-0.2, -0.15) is 18.2 Å². The van der Waals surface area contributed by atoms with Crippen molar-refractivity contribution in [1.82, 2.24) is 10.1 Å². The number of hydrogen-bond donors (Lipinski definition) is 0. The summed E-state index contributed by atoms with van der Waals surface area (Å²) in [5.41, 5.74) is 0.867. The van der Waals surface area contributed by atoms with Crippen molar-refractivity contribution in [3.05, 3.63) is 35.7 Å². The van der Waals surface area contributed by atoms with Crippen molar-refractivity contribution in [2.45, 2.75) is 31.4 Å². The van der Waals surface area contributed by atoms with E-state index in [2.05, 4.69) is 14.7 Å². The van der Waals surface area contributed by atoms with Crippen molar-refractivity contribution in [3.8, 4) is 11.4 Å². The number of aromatic nitrogens is 2. The first kappa shape index (κ1) is 16.5. The van der Waals surface area contributed by atoms with Crippen LogP contribution in [0.25, 0.3) is 11.4 Å². The van der Waals surface area contributed by atoms with Crippen molar-refractivity contribution in [2.24, 2.45) is 5.92 Å². The Morgan fingerprint density at radius 1 is 1.25 bits per heavy atom. The first-order valence-corrected chi connectivity index (χ1v) is 7.05. The highest BCUT2D eigenvalue weighted by atomic mass is 19.4. The molecule has 24 heavy (non-hydrogen) atoms. The molecule has 4 nitrogen and oxygen atoms in total. The first-order valence-electron chi connectivity index (χ1n) is 7.05. The van der Waals surface area contributed by atoms with Crippen LogP contribution in [0.15, 0.2) is 28.8 Å². The van der Waals surface area contributed by atoms with Crippen LogP contribution in [-0.2, 0) is 17.4 Å². The second-order valence-electron chi connectivity index (χ2n) is 5.70. The molecule has 1 aromatic heterocycles. The number of ketones is 1. The van der Waals surface area contributed by atoms with Crippen molar-refractivity contribution in [2.75, 3.05) is 0 Å². The van der Waals surface area contributed by atoms with Crippen LogP contribution in [0, 0.1) is 5.92 Å². The number of nitrogens with zero attached hydrogens (tertiary/aromatic N) is 2. The van der Waals surface area contributed by atoms with Gasteiger partial charge >= 0.3 is 12.1 Å². The Bertz CT molecular complexity index is 752. The number of carbonyl (C=O) groups excluding carboxylic acids is 1. The van der Waals surface area contributed by atoms with Crippen molar-refractivity contribution >= 4 is 5.78 Å². The maximum atomic E-state index is 12.8. The fourth-order valence-corrected chi connectivity index (χ4v) is 2.29. The van der Waals surface area contributed by atoms with Gasteiger partial charge in [0.1, 0.15) is 5.78 Å². The number of Topliss-reactive ketones (excluding diaryl/α,β-unsaturated/α-hetero) is 1. The SMILES string of the molecule is O=C(Cc1ccc(-c2noc(C(F)(F)F)n2)cc1)CC1CC1(F)F. The maximum Gasteiger partial charge on any atom is 0.471 e. The lowest BCUT2D eigenvalue weighted by molar-refractivity contribution is -0.159. The molecule has 1 aliphatic carbocycles. The Balaban J connectivity index is 1.63. The lowest BCUT2D eigenvalue weighted by Crippen LogP contribution is -2.06. The van der Waals surface area contributed by atoms with E-state index >= 15 is 0 Å². The van der Waals surface area contributed by atoms with E-state index in [9.17, 15) is 26.7 Å². The molecule has 0 saturated heterocycles. The summed E-state index contributed by atoms with van der Waals surface area (Å²) in [5, 5.41) is 3.25. The number of rotatable bonds is 5. The lowest BCUT2D eigenvalue weighted by atomic mass is 10.0. The van der Waals surface area contributed by atoms with Crippen molar-refractivity contribution in [3.63, 3.8) is 0 Å². The van der Waals surface area contributed by atoms with Gasteiger partial charge in [-0.15, -0.1) is 0 Å².